The number of benzene rings is 1. The van der Waals surface area contributed by atoms with Crippen LogP contribution in [0, 0.1) is 12.7 Å². The van der Waals surface area contributed by atoms with Crippen molar-refractivity contribution in [1.82, 2.24) is 14.7 Å². The number of hydrogen-bond acceptors (Lipinski definition) is 5. The SMILES string of the molecule is COc1cc2nc(C)cn2cc1C(=O)Nc1ccc(N2[C@H](C)CNC[C@@H]2C)cc1F. The minimum Gasteiger partial charge on any atom is -0.496 e. The second-order valence-electron chi connectivity index (χ2n) is 7.79. The predicted molar refractivity (Wildman–Crippen MR) is 115 cm³/mol. The van der Waals surface area contributed by atoms with Crippen molar-refractivity contribution in [2.75, 3.05) is 30.4 Å². The van der Waals surface area contributed by atoms with Crippen LogP contribution in [0.5, 0.6) is 5.75 Å². The fraction of sp³-hybridized carbons (Fsp3) is 0.364. The molecule has 0 saturated carbocycles. The number of amides is 1. The number of methoxy groups -OCH3 is 1. The van der Waals surface area contributed by atoms with Gasteiger partial charge in [0, 0.05) is 49.3 Å². The first-order valence-electron chi connectivity index (χ1n) is 10.0. The number of aromatic nitrogens is 2. The number of ether oxygens (including phenoxy) is 1. The summed E-state index contributed by atoms with van der Waals surface area (Å²) < 4.78 is 22.0. The molecule has 2 atom stereocenters. The van der Waals surface area contributed by atoms with Gasteiger partial charge in [0.25, 0.3) is 5.91 Å². The van der Waals surface area contributed by atoms with Gasteiger partial charge in [-0.25, -0.2) is 9.37 Å². The number of piperazine rings is 1. The standard InChI is InChI=1S/C22H26FN5O2/c1-13-11-27-12-17(20(30-4)8-21(27)25-13)22(29)26-19-6-5-16(7-18(19)23)28-14(2)9-24-10-15(28)3/h5-8,11-12,14-15,24H,9-10H2,1-4H3,(H,26,29)/t14-,15+. The molecule has 0 radical (unpaired) electrons. The Morgan fingerprint density at radius 3 is 2.63 bits per heavy atom. The largest absolute Gasteiger partial charge is 0.496 e. The van der Waals surface area contributed by atoms with Crippen LogP contribution in [0.25, 0.3) is 5.65 Å². The molecule has 1 aliphatic heterocycles. The van der Waals surface area contributed by atoms with E-state index in [1.54, 1.807) is 22.7 Å². The molecule has 1 saturated heterocycles. The van der Waals surface area contributed by atoms with Gasteiger partial charge in [-0.2, -0.15) is 0 Å². The number of hydrogen-bond donors (Lipinski definition) is 2. The molecule has 30 heavy (non-hydrogen) atoms. The van der Waals surface area contributed by atoms with E-state index in [1.165, 1.54) is 13.2 Å². The molecule has 4 rings (SSSR count). The second kappa shape index (κ2) is 7.95. The Morgan fingerprint density at radius 1 is 1.23 bits per heavy atom. The van der Waals surface area contributed by atoms with Crippen molar-refractivity contribution in [3.8, 4) is 5.75 Å². The highest BCUT2D eigenvalue weighted by atomic mass is 19.1. The second-order valence-corrected chi connectivity index (χ2v) is 7.79. The van der Waals surface area contributed by atoms with Gasteiger partial charge in [0.1, 0.15) is 17.2 Å². The first-order chi connectivity index (χ1) is 14.4. The van der Waals surface area contributed by atoms with Crippen LogP contribution in [0.3, 0.4) is 0 Å². The Bertz CT molecular complexity index is 1090. The zero-order valence-electron chi connectivity index (χ0n) is 17.6. The van der Waals surface area contributed by atoms with Crippen molar-refractivity contribution in [3.05, 3.63) is 53.7 Å². The van der Waals surface area contributed by atoms with Gasteiger partial charge in [0.05, 0.1) is 24.1 Å². The molecule has 2 aromatic heterocycles. The molecule has 0 bridgehead atoms. The molecule has 3 heterocycles. The number of fused-ring (bicyclic) bond motifs is 1. The van der Waals surface area contributed by atoms with E-state index in [-0.39, 0.29) is 17.8 Å². The molecule has 2 N–H and O–H groups in total. The van der Waals surface area contributed by atoms with E-state index in [0.717, 1.165) is 24.5 Å². The van der Waals surface area contributed by atoms with Crippen molar-refractivity contribution in [1.29, 1.82) is 0 Å². The number of nitrogens with one attached hydrogen (secondary N) is 2. The van der Waals surface area contributed by atoms with Gasteiger partial charge in [-0.05, 0) is 39.0 Å². The van der Waals surface area contributed by atoms with Crippen LogP contribution in [0.2, 0.25) is 0 Å². The average Bonchev–Trinajstić information content (AvgIpc) is 3.07. The Hall–Kier alpha value is -3.13. The highest BCUT2D eigenvalue weighted by Crippen LogP contribution is 2.28. The van der Waals surface area contributed by atoms with E-state index in [0.29, 0.717) is 17.0 Å². The topological polar surface area (TPSA) is 70.9 Å². The van der Waals surface area contributed by atoms with E-state index >= 15 is 0 Å². The Balaban J connectivity index is 1.60. The summed E-state index contributed by atoms with van der Waals surface area (Å²) in [7, 11) is 1.49. The quantitative estimate of drug-likeness (QED) is 0.690. The summed E-state index contributed by atoms with van der Waals surface area (Å²) >= 11 is 0. The molecule has 0 spiro atoms. The zero-order chi connectivity index (χ0) is 21.4. The third kappa shape index (κ3) is 3.70. The smallest absolute Gasteiger partial charge is 0.261 e. The lowest BCUT2D eigenvalue weighted by molar-refractivity contribution is 0.102. The third-order valence-electron chi connectivity index (χ3n) is 5.47. The van der Waals surface area contributed by atoms with E-state index in [9.17, 15) is 9.18 Å². The molecule has 1 aliphatic rings. The highest BCUT2D eigenvalue weighted by Gasteiger charge is 2.25. The number of imidazole rings is 1. The number of anilines is 2. The fourth-order valence-electron chi connectivity index (χ4n) is 4.08. The molecule has 8 heteroatoms. The number of halogens is 1. The maximum atomic E-state index is 14.9. The van der Waals surface area contributed by atoms with Gasteiger partial charge < -0.3 is 24.7 Å². The number of aryl methyl sites for hydroxylation is 1. The molecule has 1 amide bonds. The average molecular weight is 411 g/mol. The Morgan fingerprint density at radius 2 is 1.97 bits per heavy atom. The lowest BCUT2D eigenvalue weighted by Crippen LogP contribution is -2.55. The predicted octanol–water partition coefficient (Wildman–Crippen LogP) is 3.23. The molecular weight excluding hydrogens is 385 g/mol. The molecule has 158 valence electrons. The minimum absolute atomic E-state index is 0.128. The lowest BCUT2D eigenvalue weighted by atomic mass is 10.1. The van der Waals surface area contributed by atoms with Crippen LogP contribution in [-0.2, 0) is 0 Å². The molecule has 1 fully saturated rings. The third-order valence-corrected chi connectivity index (χ3v) is 5.47. The van der Waals surface area contributed by atoms with Gasteiger partial charge in [-0.3, -0.25) is 4.79 Å². The van der Waals surface area contributed by atoms with Crippen molar-refractivity contribution in [3.63, 3.8) is 0 Å². The fourth-order valence-corrected chi connectivity index (χ4v) is 4.08. The maximum Gasteiger partial charge on any atom is 0.261 e. The first-order valence-corrected chi connectivity index (χ1v) is 10.0. The van der Waals surface area contributed by atoms with E-state index in [2.05, 4.69) is 34.4 Å². The van der Waals surface area contributed by atoms with Gasteiger partial charge in [0.2, 0.25) is 0 Å². The molecule has 7 nitrogen and oxygen atoms in total. The maximum absolute atomic E-state index is 14.9. The van der Waals surface area contributed by atoms with Crippen molar-refractivity contribution in [2.24, 2.45) is 0 Å². The van der Waals surface area contributed by atoms with Crippen molar-refractivity contribution < 1.29 is 13.9 Å². The monoisotopic (exact) mass is 411 g/mol. The Labute approximate surface area is 174 Å². The number of nitrogens with zero attached hydrogens (tertiary/aromatic N) is 3. The molecular formula is C22H26FN5O2. The normalized spacial score (nSPS) is 19.2. The van der Waals surface area contributed by atoms with Crippen LogP contribution in [0.15, 0.2) is 36.7 Å². The Kier molecular flexibility index (Phi) is 5.34. The van der Waals surface area contributed by atoms with Crippen molar-refractivity contribution >= 4 is 22.9 Å². The van der Waals surface area contributed by atoms with E-state index < -0.39 is 11.7 Å². The summed E-state index contributed by atoms with van der Waals surface area (Å²) in [6.07, 6.45) is 3.45. The number of pyridine rings is 1. The van der Waals surface area contributed by atoms with Crippen LogP contribution < -0.4 is 20.3 Å². The van der Waals surface area contributed by atoms with Crippen LogP contribution >= 0.6 is 0 Å². The van der Waals surface area contributed by atoms with Crippen LogP contribution in [0.4, 0.5) is 15.8 Å². The summed E-state index contributed by atoms with van der Waals surface area (Å²) in [5.41, 5.74) is 2.74. The summed E-state index contributed by atoms with van der Waals surface area (Å²) in [6, 6.07) is 7.13. The molecule has 1 aromatic carbocycles. The van der Waals surface area contributed by atoms with Gasteiger partial charge in [0.15, 0.2) is 0 Å². The van der Waals surface area contributed by atoms with E-state index in [1.807, 2.05) is 19.2 Å². The van der Waals surface area contributed by atoms with E-state index in [4.69, 9.17) is 4.74 Å². The molecule has 0 aliphatic carbocycles. The minimum atomic E-state index is -0.475. The number of carbonyl (C=O) groups excluding carboxylic acids is 1. The summed E-state index contributed by atoms with van der Waals surface area (Å²) in [5.74, 6) is -0.543. The van der Waals surface area contributed by atoms with Gasteiger partial charge >= 0.3 is 0 Å². The highest BCUT2D eigenvalue weighted by molar-refractivity contribution is 6.06. The number of carbonyl (C=O) groups is 1. The van der Waals surface area contributed by atoms with Gasteiger partial charge in [-0.1, -0.05) is 0 Å². The summed E-state index contributed by atoms with van der Waals surface area (Å²) in [6.45, 7) is 7.78. The summed E-state index contributed by atoms with van der Waals surface area (Å²) in [5, 5.41) is 6.04. The first kappa shape index (κ1) is 20.2. The molecule has 3 aromatic rings. The van der Waals surface area contributed by atoms with Gasteiger partial charge in [-0.15, -0.1) is 0 Å². The zero-order valence-corrected chi connectivity index (χ0v) is 17.6. The van der Waals surface area contributed by atoms with Crippen LogP contribution in [0.1, 0.15) is 29.9 Å². The van der Waals surface area contributed by atoms with Crippen molar-refractivity contribution in [2.45, 2.75) is 32.9 Å². The lowest BCUT2D eigenvalue weighted by Gasteiger charge is -2.41. The summed E-state index contributed by atoms with van der Waals surface area (Å²) in [4.78, 5) is 19.4. The number of rotatable bonds is 4. The van der Waals surface area contributed by atoms with Crippen LogP contribution in [-0.4, -0.2) is 47.6 Å². The molecule has 0 unspecified atom stereocenters.